The van der Waals surface area contributed by atoms with E-state index in [1.165, 1.54) is 0 Å². The van der Waals surface area contributed by atoms with E-state index >= 15 is 0 Å². The van der Waals surface area contributed by atoms with Crippen molar-refractivity contribution in [3.8, 4) is 0 Å². The predicted octanol–water partition coefficient (Wildman–Crippen LogP) is 1.94. The molecule has 16 heavy (non-hydrogen) atoms. The van der Waals surface area contributed by atoms with E-state index in [0.717, 1.165) is 0 Å². The zero-order valence-corrected chi connectivity index (χ0v) is 9.79. The van der Waals surface area contributed by atoms with Gasteiger partial charge in [0.25, 0.3) is 0 Å². The number of hydrogen-bond donors (Lipinski definition) is 1. The van der Waals surface area contributed by atoms with Crippen molar-refractivity contribution in [1.82, 2.24) is 0 Å². The molecule has 0 bridgehead atoms. The minimum Gasteiger partial charge on any atom is -0.382 e. The predicted molar refractivity (Wildman–Crippen MR) is 62.8 cm³/mol. The Morgan fingerprint density at radius 1 is 1.38 bits per heavy atom. The summed E-state index contributed by atoms with van der Waals surface area (Å²) >= 11 is 5.88. The van der Waals surface area contributed by atoms with Gasteiger partial charge < -0.3 is 14.8 Å². The second-order valence-electron chi connectivity index (χ2n) is 3.07. The van der Waals surface area contributed by atoms with Crippen molar-refractivity contribution in [2.45, 2.75) is 0 Å². The highest BCUT2D eigenvalue weighted by Crippen LogP contribution is 2.19. The lowest BCUT2D eigenvalue weighted by molar-refractivity contribution is -0.121. The van der Waals surface area contributed by atoms with Gasteiger partial charge in [-0.2, -0.15) is 0 Å². The third-order valence-corrected chi connectivity index (χ3v) is 2.14. The molecule has 1 N–H and O–H groups in total. The first-order valence-electron chi connectivity index (χ1n) is 4.85. The molecule has 1 aromatic carbocycles. The lowest BCUT2D eigenvalue weighted by atomic mass is 10.3. The van der Waals surface area contributed by atoms with E-state index in [9.17, 15) is 4.79 Å². The number of para-hydroxylation sites is 1. The largest absolute Gasteiger partial charge is 0.382 e. The zero-order valence-electron chi connectivity index (χ0n) is 9.03. The molecule has 0 atom stereocenters. The van der Waals surface area contributed by atoms with Gasteiger partial charge in [0.1, 0.15) is 6.61 Å². The number of ether oxygens (including phenoxy) is 2. The highest BCUT2D eigenvalue weighted by atomic mass is 35.5. The van der Waals surface area contributed by atoms with Crippen LogP contribution >= 0.6 is 11.6 Å². The number of methoxy groups -OCH3 is 1. The average molecular weight is 244 g/mol. The van der Waals surface area contributed by atoms with Gasteiger partial charge in [-0.1, -0.05) is 23.7 Å². The van der Waals surface area contributed by atoms with Gasteiger partial charge >= 0.3 is 0 Å². The number of halogens is 1. The molecule has 0 aliphatic carbocycles. The van der Waals surface area contributed by atoms with Crippen molar-refractivity contribution in [3.63, 3.8) is 0 Å². The summed E-state index contributed by atoms with van der Waals surface area (Å²) < 4.78 is 9.85. The SMILES string of the molecule is COCCOCC(=O)Nc1ccccc1Cl. The fourth-order valence-corrected chi connectivity index (χ4v) is 1.24. The molecular formula is C11H14ClNO3. The Kier molecular flexibility index (Phi) is 5.85. The van der Waals surface area contributed by atoms with Gasteiger partial charge in [0, 0.05) is 7.11 Å². The molecule has 0 aliphatic rings. The molecule has 0 unspecified atom stereocenters. The first-order chi connectivity index (χ1) is 7.74. The highest BCUT2D eigenvalue weighted by Gasteiger charge is 2.04. The molecule has 0 heterocycles. The molecule has 0 saturated heterocycles. The summed E-state index contributed by atoms with van der Waals surface area (Å²) in [5.41, 5.74) is 0.588. The number of hydrogen-bond acceptors (Lipinski definition) is 3. The van der Waals surface area contributed by atoms with Crippen LogP contribution < -0.4 is 5.32 Å². The van der Waals surface area contributed by atoms with E-state index in [2.05, 4.69) is 5.32 Å². The zero-order chi connectivity index (χ0) is 11.8. The first-order valence-corrected chi connectivity index (χ1v) is 5.23. The molecule has 0 radical (unpaired) electrons. The summed E-state index contributed by atoms with van der Waals surface area (Å²) in [4.78, 5) is 11.4. The van der Waals surface area contributed by atoms with E-state index < -0.39 is 0 Å². The fraction of sp³-hybridized carbons (Fsp3) is 0.364. The molecule has 5 heteroatoms. The van der Waals surface area contributed by atoms with Crippen LogP contribution in [0.3, 0.4) is 0 Å². The molecule has 1 rings (SSSR count). The van der Waals surface area contributed by atoms with Gasteiger partial charge in [-0.3, -0.25) is 4.79 Å². The maximum Gasteiger partial charge on any atom is 0.250 e. The van der Waals surface area contributed by atoms with Gasteiger partial charge in [0.2, 0.25) is 5.91 Å². The number of benzene rings is 1. The van der Waals surface area contributed by atoms with Crippen LogP contribution in [-0.4, -0.2) is 32.8 Å². The third kappa shape index (κ3) is 4.61. The first kappa shape index (κ1) is 13.0. The summed E-state index contributed by atoms with van der Waals surface area (Å²) in [6, 6.07) is 7.04. The van der Waals surface area contributed by atoms with Crippen LogP contribution in [0.5, 0.6) is 0 Å². The molecule has 1 aromatic rings. The standard InChI is InChI=1S/C11H14ClNO3/c1-15-6-7-16-8-11(14)13-10-5-3-2-4-9(10)12/h2-5H,6-8H2,1H3,(H,13,14). The maximum absolute atomic E-state index is 11.4. The molecule has 0 spiro atoms. The Morgan fingerprint density at radius 2 is 2.12 bits per heavy atom. The number of amides is 1. The van der Waals surface area contributed by atoms with Crippen LogP contribution in [0.4, 0.5) is 5.69 Å². The highest BCUT2D eigenvalue weighted by molar-refractivity contribution is 6.33. The van der Waals surface area contributed by atoms with E-state index in [1.54, 1.807) is 31.4 Å². The van der Waals surface area contributed by atoms with Crippen molar-refractivity contribution >= 4 is 23.2 Å². The second-order valence-corrected chi connectivity index (χ2v) is 3.48. The Morgan fingerprint density at radius 3 is 2.81 bits per heavy atom. The average Bonchev–Trinajstić information content (AvgIpc) is 2.28. The van der Waals surface area contributed by atoms with Crippen molar-refractivity contribution in [2.75, 3.05) is 32.2 Å². The van der Waals surface area contributed by atoms with Gasteiger partial charge in [0.05, 0.1) is 23.9 Å². The van der Waals surface area contributed by atoms with Crippen LogP contribution in [0, 0.1) is 0 Å². The molecule has 4 nitrogen and oxygen atoms in total. The summed E-state index contributed by atoms with van der Waals surface area (Å²) in [5, 5.41) is 3.16. The third-order valence-electron chi connectivity index (χ3n) is 1.81. The minimum atomic E-state index is -0.232. The monoisotopic (exact) mass is 243 g/mol. The van der Waals surface area contributed by atoms with Gasteiger partial charge in [-0.05, 0) is 12.1 Å². The van der Waals surface area contributed by atoms with Crippen molar-refractivity contribution in [2.24, 2.45) is 0 Å². The molecule has 0 fully saturated rings. The van der Waals surface area contributed by atoms with Gasteiger partial charge in [-0.15, -0.1) is 0 Å². The molecule has 1 amide bonds. The Bertz CT molecular complexity index is 344. The summed E-state index contributed by atoms with van der Waals surface area (Å²) in [6.45, 7) is 0.862. The topological polar surface area (TPSA) is 47.6 Å². The van der Waals surface area contributed by atoms with Crippen LogP contribution in [0.25, 0.3) is 0 Å². The fourth-order valence-electron chi connectivity index (χ4n) is 1.06. The molecular weight excluding hydrogens is 230 g/mol. The number of anilines is 1. The lowest BCUT2D eigenvalue weighted by Gasteiger charge is -2.07. The summed E-state index contributed by atoms with van der Waals surface area (Å²) in [5.74, 6) is -0.232. The van der Waals surface area contributed by atoms with Crippen molar-refractivity contribution in [3.05, 3.63) is 29.3 Å². The number of carbonyl (C=O) groups is 1. The Labute approximate surface area is 99.5 Å². The van der Waals surface area contributed by atoms with Crippen LogP contribution in [0.2, 0.25) is 5.02 Å². The maximum atomic E-state index is 11.4. The van der Waals surface area contributed by atoms with E-state index in [1.807, 2.05) is 0 Å². The van der Waals surface area contributed by atoms with Crippen molar-refractivity contribution < 1.29 is 14.3 Å². The Balaban J connectivity index is 2.32. The molecule has 88 valence electrons. The normalized spacial score (nSPS) is 10.1. The number of nitrogens with one attached hydrogen (secondary N) is 1. The molecule has 0 aliphatic heterocycles. The summed E-state index contributed by atoms with van der Waals surface area (Å²) in [6.07, 6.45) is 0. The molecule has 0 aromatic heterocycles. The quantitative estimate of drug-likeness (QED) is 0.777. The number of rotatable bonds is 6. The van der Waals surface area contributed by atoms with Crippen LogP contribution in [-0.2, 0) is 14.3 Å². The van der Waals surface area contributed by atoms with Gasteiger partial charge in [-0.25, -0.2) is 0 Å². The smallest absolute Gasteiger partial charge is 0.250 e. The van der Waals surface area contributed by atoms with E-state index in [0.29, 0.717) is 23.9 Å². The van der Waals surface area contributed by atoms with Crippen LogP contribution in [0.1, 0.15) is 0 Å². The van der Waals surface area contributed by atoms with Crippen LogP contribution in [0.15, 0.2) is 24.3 Å². The second kappa shape index (κ2) is 7.22. The molecule has 0 saturated carbocycles. The lowest BCUT2D eigenvalue weighted by Crippen LogP contribution is -2.19. The summed E-state index contributed by atoms with van der Waals surface area (Å²) in [7, 11) is 1.58. The van der Waals surface area contributed by atoms with E-state index in [-0.39, 0.29) is 12.5 Å². The number of carbonyl (C=O) groups excluding carboxylic acids is 1. The van der Waals surface area contributed by atoms with Gasteiger partial charge in [0.15, 0.2) is 0 Å². The van der Waals surface area contributed by atoms with Crippen molar-refractivity contribution in [1.29, 1.82) is 0 Å². The van der Waals surface area contributed by atoms with E-state index in [4.69, 9.17) is 21.1 Å². The minimum absolute atomic E-state index is 0.00537. The Hall–Kier alpha value is -1.10.